The predicted octanol–water partition coefficient (Wildman–Crippen LogP) is 4.39. The minimum absolute atomic E-state index is 0.00147. The number of hydrazine groups is 1. The van der Waals surface area contributed by atoms with Crippen LogP contribution >= 0.6 is 0 Å². The van der Waals surface area contributed by atoms with Crippen LogP contribution < -0.4 is 5.43 Å². The SMILES string of the molecule is CC(C)C[C@@H](C(=O)NN(CC(C)C)S(C)(=O)=O)[C@H](CC=Cc1ccccc1)C(=O)OC1CCCCO1. The lowest BCUT2D eigenvalue weighted by atomic mass is 9.82. The van der Waals surface area contributed by atoms with Gasteiger partial charge in [-0.15, -0.1) is 4.41 Å². The standard InChI is InChI=1S/C27H42N2O6S/c1-20(2)18-24(26(30)28-29(19-21(3)4)36(5,32)33)23(15-11-14-22-12-7-6-8-13-22)27(31)35-25-16-9-10-17-34-25/h6-8,11-14,20-21,23-25H,9-10,15-19H2,1-5H3,(H,28,30)/t23-,24+,25?/m0/s1. The molecular formula is C27H42N2O6S. The van der Waals surface area contributed by atoms with Crippen molar-refractivity contribution in [1.82, 2.24) is 9.84 Å². The number of amides is 1. The maximum atomic E-state index is 13.5. The third-order valence-electron chi connectivity index (χ3n) is 5.90. The zero-order valence-corrected chi connectivity index (χ0v) is 23.0. The van der Waals surface area contributed by atoms with E-state index in [2.05, 4.69) is 5.43 Å². The van der Waals surface area contributed by atoms with E-state index in [0.717, 1.165) is 29.1 Å². The Labute approximate surface area is 216 Å². The number of hydrogen-bond acceptors (Lipinski definition) is 6. The minimum Gasteiger partial charge on any atom is -0.436 e. The van der Waals surface area contributed by atoms with Crippen molar-refractivity contribution in [2.75, 3.05) is 19.4 Å². The molecule has 1 heterocycles. The second-order valence-corrected chi connectivity index (χ2v) is 12.2. The van der Waals surface area contributed by atoms with E-state index >= 15 is 0 Å². The van der Waals surface area contributed by atoms with Gasteiger partial charge in [-0.1, -0.05) is 70.2 Å². The van der Waals surface area contributed by atoms with Crippen molar-refractivity contribution in [2.45, 2.75) is 66.1 Å². The second-order valence-electron chi connectivity index (χ2n) is 10.3. The Bertz CT molecular complexity index is 956. The van der Waals surface area contributed by atoms with Crippen molar-refractivity contribution in [1.29, 1.82) is 0 Å². The predicted molar refractivity (Wildman–Crippen MR) is 141 cm³/mol. The number of carbonyl (C=O) groups excluding carboxylic acids is 2. The molecule has 9 heteroatoms. The highest BCUT2D eigenvalue weighted by Gasteiger charge is 2.37. The Balaban J connectivity index is 2.31. The molecule has 8 nitrogen and oxygen atoms in total. The first kappa shape index (κ1) is 30.0. The number of nitrogens with zero attached hydrogens (tertiary/aromatic N) is 1. The van der Waals surface area contributed by atoms with Crippen LogP contribution in [0.1, 0.15) is 65.4 Å². The smallest absolute Gasteiger partial charge is 0.312 e. The molecule has 202 valence electrons. The summed E-state index contributed by atoms with van der Waals surface area (Å²) in [6.07, 6.45) is 7.33. The van der Waals surface area contributed by atoms with Gasteiger partial charge in [-0.2, -0.15) is 0 Å². The van der Waals surface area contributed by atoms with Gasteiger partial charge in [0.15, 0.2) is 0 Å². The van der Waals surface area contributed by atoms with Crippen LogP contribution in [0.25, 0.3) is 6.08 Å². The maximum absolute atomic E-state index is 13.5. The molecule has 0 saturated carbocycles. The van der Waals surface area contributed by atoms with Crippen LogP contribution in [0.5, 0.6) is 0 Å². The summed E-state index contributed by atoms with van der Waals surface area (Å²) in [5.41, 5.74) is 3.56. The molecule has 1 fully saturated rings. The molecule has 1 saturated heterocycles. The number of ether oxygens (including phenoxy) is 2. The summed E-state index contributed by atoms with van der Waals surface area (Å²) in [5.74, 6) is -2.49. The quantitative estimate of drug-likeness (QED) is 0.305. The van der Waals surface area contributed by atoms with Gasteiger partial charge in [-0.05, 0) is 43.1 Å². The van der Waals surface area contributed by atoms with Crippen molar-refractivity contribution in [3.63, 3.8) is 0 Å². The number of esters is 1. The van der Waals surface area contributed by atoms with Gasteiger partial charge < -0.3 is 9.47 Å². The van der Waals surface area contributed by atoms with Crippen molar-refractivity contribution >= 4 is 28.0 Å². The van der Waals surface area contributed by atoms with Crippen molar-refractivity contribution < 1.29 is 27.5 Å². The summed E-state index contributed by atoms with van der Waals surface area (Å²) in [7, 11) is -3.69. The molecule has 1 aromatic rings. The zero-order chi connectivity index (χ0) is 26.7. The number of allylic oxidation sites excluding steroid dienone is 1. The fraction of sp³-hybridized carbons (Fsp3) is 0.630. The van der Waals surface area contributed by atoms with E-state index in [0.29, 0.717) is 19.4 Å². The Morgan fingerprint density at radius 1 is 1.11 bits per heavy atom. The number of nitrogens with one attached hydrogen (secondary N) is 1. The largest absolute Gasteiger partial charge is 0.436 e. The summed E-state index contributed by atoms with van der Waals surface area (Å²) < 4.78 is 36.9. The van der Waals surface area contributed by atoms with Crippen molar-refractivity contribution in [2.24, 2.45) is 23.7 Å². The highest BCUT2D eigenvalue weighted by atomic mass is 32.2. The summed E-state index contributed by atoms with van der Waals surface area (Å²) >= 11 is 0. The van der Waals surface area contributed by atoms with Gasteiger partial charge in [0, 0.05) is 13.0 Å². The average molecular weight is 523 g/mol. The molecule has 1 aliphatic rings. The maximum Gasteiger partial charge on any atom is 0.312 e. The van der Waals surface area contributed by atoms with Crippen LogP contribution in [-0.2, 0) is 29.1 Å². The number of carbonyl (C=O) groups is 2. The van der Waals surface area contributed by atoms with E-state index in [1.807, 2.05) is 70.2 Å². The van der Waals surface area contributed by atoms with Crippen molar-refractivity contribution in [3.05, 3.63) is 42.0 Å². The fourth-order valence-corrected chi connectivity index (χ4v) is 4.95. The topological polar surface area (TPSA) is 102 Å². The second kappa shape index (κ2) is 14.5. The van der Waals surface area contributed by atoms with Gasteiger partial charge in [0.25, 0.3) is 0 Å². The first-order valence-corrected chi connectivity index (χ1v) is 14.6. The number of rotatable bonds is 13. The van der Waals surface area contributed by atoms with Gasteiger partial charge in [-0.25, -0.2) is 8.42 Å². The van der Waals surface area contributed by atoms with Gasteiger partial charge in [-0.3, -0.25) is 15.0 Å². The fourth-order valence-electron chi connectivity index (χ4n) is 4.12. The highest BCUT2D eigenvalue weighted by molar-refractivity contribution is 7.88. The molecule has 0 spiro atoms. The Morgan fingerprint density at radius 3 is 2.36 bits per heavy atom. The normalized spacial score (nSPS) is 18.5. The van der Waals surface area contributed by atoms with Crippen LogP contribution in [0, 0.1) is 23.7 Å². The molecule has 1 aromatic carbocycles. The minimum atomic E-state index is -3.69. The summed E-state index contributed by atoms with van der Waals surface area (Å²) in [6.45, 7) is 8.34. The first-order chi connectivity index (χ1) is 17.0. The molecule has 0 radical (unpaired) electrons. The van der Waals surface area contributed by atoms with E-state index in [9.17, 15) is 18.0 Å². The Kier molecular flexibility index (Phi) is 12.1. The lowest BCUT2D eigenvalue weighted by molar-refractivity contribution is -0.193. The average Bonchev–Trinajstić information content (AvgIpc) is 2.80. The zero-order valence-electron chi connectivity index (χ0n) is 22.2. The van der Waals surface area contributed by atoms with E-state index in [4.69, 9.17) is 9.47 Å². The Morgan fingerprint density at radius 2 is 1.81 bits per heavy atom. The molecule has 3 atom stereocenters. The molecule has 1 unspecified atom stereocenters. The lowest BCUT2D eigenvalue weighted by Crippen LogP contribution is -2.51. The van der Waals surface area contributed by atoms with E-state index in [1.54, 1.807) is 0 Å². The van der Waals surface area contributed by atoms with Gasteiger partial charge in [0.2, 0.25) is 22.2 Å². The number of benzene rings is 1. The molecule has 36 heavy (non-hydrogen) atoms. The van der Waals surface area contributed by atoms with E-state index in [-0.39, 0.29) is 24.8 Å². The molecule has 1 amide bonds. The molecule has 0 aliphatic carbocycles. The summed E-state index contributed by atoms with van der Waals surface area (Å²) in [4.78, 5) is 26.9. The third kappa shape index (κ3) is 10.4. The van der Waals surface area contributed by atoms with Crippen LogP contribution in [0.15, 0.2) is 36.4 Å². The van der Waals surface area contributed by atoms with Crippen molar-refractivity contribution in [3.8, 4) is 0 Å². The third-order valence-corrected chi connectivity index (χ3v) is 6.94. The number of sulfonamides is 1. The van der Waals surface area contributed by atoms with E-state index < -0.39 is 40.0 Å². The summed E-state index contributed by atoms with van der Waals surface area (Å²) in [6, 6.07) is 9.68. The number of hydrogen-bond donors (Lipinski definition) is 1. The molecule has 0 bridgehead atoms. The van der Waals surface area contributed by atoms with Gasteiger partial charge in [0.05, 0.1) is 24.7 Å². The molecule has 0 aromatic heterocycles. The summed E-state index contributed by atoms with van der Waals surface area (Å²) in [5, 5.41) is 0. The highest BCUT2D eigenvalue weighted by Crippen LogP contribution is 2.28. The van der Waals surface area contributed by atoms with E-state index in [1.165, 1.54) is 0 Å². The molecule has 1 aliphatic heterocycles. The molecule has 2 rings (SSSR count). The van der Waals surface area contributed by atoms with Crippen LogP contribution in [0.4, 0.5) is 0 Å². The van der Waals surface area contributed by atoms with Crippen LogP contribution in [0.3, 0.4) is 0 Å². The Hall–Kier alpha value is -2.23. The van der Waals surface area contributed by atoms with Gasteiger partial charge >= 0.3 is 5.97 Å². The van der Waals surface area contributed by atoms with Crippen LogP contribution in [0.2, 0.25) is 0 Å². The monoisotopic (exact) mass is 522 g/mol. The van der Waals surface area contributed by atoms with Crippen LogP contribution in [-0.4, -0.2) is 50.4 Å². The lowest BCUT2D eigenvalue weighted by Gasteiger charge is -2.31. The van der Waals surface area contributed by atoms with Gasteiger partial charge in [0.1, 0.15) is 0 Å². The molecule has 1 N–H and O–H groups in total. The molecular weight excluding hydrogens is 480 g/mol. The first-order valence-electron chi connectivity index (χ1n) is 12.8.